The Morgan fingerprint density at radius 2 is 1.95 bits per heavy atom. The maximum absolute atomic E-state index is 13.5. The second kappa shape index (κ2) is 6.40. The maximum atomic E-state index is 13.5. The molecular formula is C12H17F2NO3S. The van der Waals surface area contributed by atoms with Gasteiger partial charge >= 0.3 is 0 Å². The van der Waals surface area contributed by atoms with E-state index in [4.69, 9.17) is 0 Å². The number of aliphatic hydroxyl groups is 1. The topological polar surface area (TPSA) is 66.4 Å². The van der Waals surface area contributed by atoms with Crippen molar-refractivity contribution in [3.8, 4) is 0 Å². The van der Waals surface area contributed by atoms with E-state index in [0.29, 0.717) is 12.5 Å². The molecule has 0 radical (unpaired) electrons. The normalized spacial score (nSPS) is 13.5. The molecule has 0 aliphatic carbocycles. The van der Waals surface area contributed by atoms with E-state index in [1.165, 1.54) is 6.92 Å². The standard InChI is InChI=1S/C12H17F2NO3S/c1-3-9(16)4-5-15-19(17,18)12-7-10(13)8(2)6-11(12)14/h6-7,9,15-16H,3-5H2,1-2H3. The first-order valence-electron chi connectivity index (χ1n) is 5.91. The number of aryl methyl sites for hydroxylation is 1. The minimum atomic E-state index is -4.11. The van der Waals surface area contributed by atoms with Crippen LogP contribution in [0.3, 0.4) is 0 Å². The summed E-state index contributed by atoms with van der Waals surface area (Å²) in [6.07, 6.45) is 0.0864. The largest absolute Gasteiger partial charge is 0.393 e. The zero-order valence-electron chi connectivity index (χ0n) is 10.8. The monoisotopic (exact) mass is 293 g/mol. The minimum Gasteiger partial charge on any atom is -0.393 e. The van der Waals surface area contributed by atoms with Crippen LogP contribution in [0, 0.1) is 18.6 Å². The van der Waals surface area contributed by atoms with E-state index in [9.17, 15) is 22.3 Å². The summed E-state index contributed by atoms with van der Waals surface area (Å²) in [5, 5.41) is 9.29. The van der Waals surface area contributed by atoms with Gasteiger partial charge in [0.2, 0.25) is 10.0 Å². The van der Waals surface area contributed by atoms with Crippen LogP contribution >= 0.6 is 0 Å². The lowest BCUT2D eigenvalue weighted by atomic mass is 10.2. The molecule has 0 spiro atoms. The number of hydrogen-bond donors (Lipinski definition) is 2. The van der Waals surface area contributed by atoms with Gasteiger partial charge in [0.05, 0.1) is 6.10 Å². The second-order valence-electron chi connectivity index (χ2n) is 4.28. The maximum Gasteiger partial charge on any atom is 0.243 e. The van der Waals surface area contributed by atoms with E-state index in [2.05, 4.69) is 4.72 Å². The Labute approximate surface area is 111 Å². The highest BCUT2D eigenvalue weighted by Crippen LogP contribution is 2.18. The number of sulfonamides is 1. The van der Waals surface area contributed by atoms with Crippen LogP contribution in [0.4, 0.5) is 8.78 Å². The molecule has 1 atom stereocenters. The van der Waals surface area contributed by atoms with Crippen molar-refractivity contribution in [2.45, 2.75) is 37.7 Å². The summed E-state index contributed by atoms with van der Waals surface area (Å²) < 4.78 is 52.5. The van der Waals surface area contributed by atoms with E-state index in [1.54, 1.807) is 6.92 Å². The summed E-state index contributed by atoms with van der Waals surface area (Å²) >= 11 is 0. The fourth-order valence-electron chi connectivity index (χ4n) is 1.48. The molecule has 108 valence electrons. The van der Waals surface area contributed by atoms with Crippen LogP contribution in [0.1, 0.15) is 25.3 Å². The van der Waals surface area contributed by atoms with Crippen LogP contribution in [0.5, 0.6) is 0 Å². The molecular weight excluding hydrogens is 276 g/mol. The van der Waals surface area contributed by atoms with Crippen LogP contribution in [0.25, 0.3) is 0 Å². The first kappa shape index (κ1) is 16.0. The van der Waals surface area contributed by atoms with Gasteiger partial charge in [-0.25, -0.2) is 21.9 Å². The van der Waals surface area contributed by atoms with Gasteiger partial charge in [0.1, 0.15) is 16.5 Å². The van der Waals surface area contributed by atoms with Crippen molar-refractivity contribution in [2.75, 3.05) is 6.54 Å². The summed E-state index contributed by atoms with van der Waals surface area (Å²) in [6, 6.07) is 1.49. The van der Waals surface area contributed by atoms with Crippen LogP contribution < -0.4 is 4.72 Å². The molecule has 0 bridgehead atoms. The third-order valence-corrected chi connectivity index (χ3v) is 4.22. The third-order valence-electron chi connectivity index (χ3n) is 2.74. The summed E-state index contributed by atoms with van der Waals surface area (Å²) in [6.45, 7) is 3.07. The van der Waals surface area contributed by atoms with Crippen LogP contribution in [0.15, 0.2) is 17.0 Å². The minimum absolute atomic E-state index is 0.0354. The quantitative estimate of drug-likeness (QED) is 0.839. The van der Waals surface area contributed by atoms with Crippen molar-refractivity contribution < 1.29 is 22.3 Å². The van der Waals surface area contributed by atoms with Crippen molar-refractivity contribution in [2.24, 2.45) is 0 Å². The predicted octanol–water partition coefficient (Wildman–Crippen LogP) is 1.71. The van der Waals surface area contributed by atoms with Gasteiger partial charge in [-0.1, -0.05) is 6.92 Å². The summed E-state index contributed by atoms with van der Waals surface area (Å²) in [5.41, 5.74) is 0.0397. The lowest BCUT2D eigenvalue weighted by Gasteiger charge is -2.10. The Morgan fingerprint density at radius 1 is 1.32 bits per heavy atom. The molecule has 0 heterocycles. The zero-order chi connectivity index (χ0) is 14.6. The molecule has 4 nitrogen and oxygen atoms in total. The van der Waals surface area contributed by atoms with Crippen molar-refractivity contribution in [3.63, 3.8) is 0 Å². The molecule has 1 aromatic carbocycles. The number of rotatable bonds is 6. The summed E-state index contributed by atoms with van der Waals surface area (Å²) in [5.74, 6) is -1.78. The van der Waals surface area contributed by atoms with Crippen molar-refractivity contribution >= 4 is 10.0 Å². The highest BCUT2D eigenvalue weighted by molar-refractivity contribution is 7.89. The smallest absolute Gasteiger partial charge is 0.243 e. The molecule has 2 N–H and O–H groups in total. The molecule has 7 heteroatoms. The van der Waals surface area contributed by atoms with E-state index in [0.717, 1.165) is 6.07 Å². The number of benzene rings is 1. The van der Waals surface area contributed by atoms with Gasteiger partial charge in [-0.15, -0.1) is 0 Å². The molecule has 0 aliphatic rings. The van der Waals surface area contributed by atoms with Gasteiger partial charge < -0.3 is 5.11 Å². The van der Waals surface area contributed by atoms with Crippen molar-refractivity contribution in [1.82, 2.24) is 4.72 Å². The first-order valence-corrected chi connectivity index (χ1v) is 7.39. The number of hydrogen-bond acceptors (Lipinski definition) is 3. The Morgan fingerprint density at radius 3 is 2.53 bits per heavy atom. The highest BCUT2D eigenvalue weighted by Gasteiger charge is 2.20. The molecule has 0 fully saturated rings. The number of aliphatic hydroxyl groups excluding tert-OH is 1. The molecule has 1 unspecified atom stereocenters. The molecule has 0 aliphatic heterocycles. The van der Waals surface area contributed by atoms with Crippen LogP contribution in [-0.2, 0) is 10.0 Å². The molecule has 1 rings (SSSR count). The molecule has 0 saturated carbocycles. The summed E-state index contributed by atoms with van der Waals surface area (Å²) in [7, 11) is -4.11. The Bertz CT molecular complexity index is 546. The average Bonchev–Trinajstić information content (AvgIpc) is 2.33. The Kier molecular flexibility index (Phi) is 5.39. The fraction of sp³-hybridized carbons (Fsp3) is 0.500. The molecule has 1 aromatic rings. The molecule has 0 saturated heterocycles. The molecule has 0 aromatic heterocycles. The number of nitrogens with one attached hydrogen (secondary N) is 1. The van der Waals surface area contributed by atoms with Crippen molar-refractivity contribution in [1.29, 1.82) is 0 Å². The fourth-order valence-corrected chi connectivity index (χ4v) is 2.59. The molecule has 19 heavy (non-hydrogen) atoms. The lowest BCUT2D eigenvalue weighted by Crippen LogP contribution is -2.28. The van der Waals surface area contributed by atoms with E-state index in [-0.39, 0.29) is 18.5 Å². The van der Waals surface area contributed by atoms with Crippen LogP contribution in [0.2, 0.25) is 0 Å². The lowest BCUT2D eigenvalue weighted by molar-refractivity contribution is 0.162. The first-order chi connectivity index (χ1) is 8.77. The number of halogens is 2. The third kappa shape index (κ3) is 4.22. The van der Waals surface area contributed by atoms with Gasteiger partial charge in [-0.05, 0) is 37.5 Å². The van der Waals surface area contributed by atoms with Gasteiger partial charge in [-0.3, -0.25) is 0 Å². The van der Waals surface area contributed by atoms with Gasteiger partial charge in [-0.2, -0.15) is 0 Å². The van der Waals surface area contributed by atoms with E-state index >= 15 is 0 Å². The van der Waals surface area contributed by atoms with Gasteiger partial charge in [0, 0.05) is 6.54 Å². The van der Waals surface area contributed by atoms with Crippen LogP contribution in [-0.4, -0.2) is 26.2 Å². The molecule has 0 amide bonds. The van der Waals surface area contributed by atoms with Gasteiger partial charge in [0.25, 0.3) is 0 Å². The Balaban J connectivity index is 2.86. The van der Waals surface area contributed by atoms with Gasteiger partial charge in [0.15, 0.2) is 0 Å². The SMILES string of the molecule is CCC(O)CCNS(=O)(=O)c1cc(F)c(C)cc1F. The van der Waals surface area contributed by atoms with E-state index < -0.39 is 32.7 Å². The summed E-state index contributed by atoms with van der Waals surface area (Å²) in [4.78, 5) is -0.721. The predicted molar refractivity (Wildman–Crippen MR) is 67.2 cm³/mol. The average molecular weight is 293 g/mol. The highest BCUT2D eigenvalue weighted by atomic mass is 32.2. The Hall–Kier alpha value is -1.05. The zero-order valence-corrected chi connectivity index (χ0v) is 11.6. The second-order valence-corrected chi connectivity index (χ2v) is 6.02. The van der Waals surface area contributed by atoms with Crippen molar-refractivity contribution in [3.05, 3.63) is 29.3 Å². The van der Waals surface area contributed by atoms with E-state index in [1.807, 2.05) is 0 Å².